The molecule has 2 heteroatoms. The van der Waals surface area contributed by atoms with Crippen molar-refractivity contribution in [3.63, 3.8) is 0 Å². The molecule has 2 nitrogen and oxygen atoms in total. The second-order valence-electron chi connectivity index (χ2n) is 4.32. The van der Waals surface area contributed by atoms with Crippen LogP contribution in [-0.4, -0.2) is 18.0 Å². The van der Waals surface area contributed by atoms with E-state index in [0.717, 1.165) is 18.7 Å². The second-order valence-corrected chi connectivity index (χ2v) is 4.32. The molecule has 0 radical (unpaired) electrons. The SMILES string of the molecule is CCN(CC)C(C#N)c1cccc2ccccc12. The molecular weight excluding hydrogens is 220 g/mol. The zero-order valence-corrected chi connectivity index (χ0v) is 10.9. The summed E-state index contributed by atoms with van der Waals surface area (Å²) >= 11 is 0. The predicted molar refractivity (Wildman–Crippen MR) is 75.2 cm³/mol. The van der Waals surface area contributed by atoms with Gasteiger partial charge in [0.15, 0.2) is 0 Å². The lowest BCUT2D eigenvalue weighted by atomic mass is 9.98. The lowest BCUT2D eigenvalue weighted by Crippen LogP contribution is -2.27. The van der Waals surface area contributed by atoms with Crippen molar-refractivity contribution in [3.8, 4) is 6.07 Å². The van der Waals surface area contributed by atoms with Gasteiger partial charge in [-0.05, 0) is 29.4 Å². The minimum Gasteiger partial charge on any atom is -0.285 e. The van der Waals surface area contributed by atoms with Gasteiger partial charge in [-0.3, -0.25) is 4.90 Å². The quantitative estimate of drug-likeness (QED) is 0.811. The molecule has 0 aliphatic carbocycles. The van der Waals surface area contributed by atoms with Gasteiger partial charge in [-0.25, -0.2) is 0 Å². The van der Waals surface area contributed by atoms with E-state index in [2.05, 4.69) is 49.1 Å². The molecule has 2 rings (SSSR count). The topological polar surface area (TPSA) is 27.0 Å². The van der Waals surface area contributed by atoms with Gasteiger partial charge in [0.1, 0.15) is 6.04 Å². The lowest BCUT2D eigenvalue weighted by molar-refractivity contribution is 0.264. The van der Waals surface area contributed by atoms with E-state index < -0.39 is 0 Å². The number of rotatable bonds is 4. The van der Waals surface area contributed by atoms with E-state index in [9.17, 15) is 5.26 Å². The molecular formula is C16H18N2. The Kier molecular flexibility index (Phi) is 3.96. The van der Waals surface area contributed by atoms with Crippen LogP contribution in [0, 0.1) is 11.3 Å². The van der Waals surface area contributed by atoms with Gasteiger partial charge in [-0.15, -0.1) is 0 Å². The molecule has 1 atom stereocenters. The van der Waals surface area contributed by atoms with Gasteiger partial charge in [0.25, 0.3) is 0 Å². The Morgan fingerprint density at radius 3 is 2.39 bits per heavy atom. The molecule has 0 aliphatic heterocycles. The molecule has 0 amide bonds. The molecule has 0 bridgehead atoms. The molecule has 2 aromatic rings. The molecule has 0 spiro atoms. The average molecular weight is 238 g/mol. The van der Waals surface area contributed by atoms with Gasteiger partial charge in [-0.1, -0.05) is 56.3 Å². The molecule has 92 valence electrons. The first kappa shape index (κ1) is 12.6. The van der Waals surface area contributed by atoms with Crippen LogP contribution < -0.4 is 0 Å². The van der Waals surface area contributed by atoms with Crippen LogP contribution >= 0.6 is 0 Å². The maximum Gasteiger partial charge on any atom is 0.124 e. The van der Waals surface area contributed by atoms with Crippen LogP contribution in [0.15, 0.2) is 42.5 Å². The zero-order valence-electron chi connectivity index (χ0n) is 10.9. The van der Waals surface area contributed by atoms with Crippen molar-refractivity contribution in [1.29, 1.82) is 5.26 Å². The highest BCUT2D eigenvalue weighted by atomic mass is 15.1. The van der Waals surface area contributed by atoms with Crippen molar-refractivity contribution >= 4 is 10.8 Å². The summed E-state index contributed by atoms with van der Waals surface area (Å²) in [6.45, 7) is 5.97. The third kappa shape index (κ3) is 2.23. The Bertz CT molecular complexity index is 559. The predicted octanol–water partition coefficient (Wildman–Crippen LogP) is 3.75. The molecule has 0 heterocycles. The van der Waals surface area contributed by atoms with E-state index in [1.807, 2.05) is 18.2 Å². The summed E-state index contributed by atoms with van der Waals surface area (Å²) in [4.78, 5) is 2.18. The first-order valence-corrected chi connectivity index (χ1v) is 6.43. The molecule has 0 aliphatic rings. The van der Waals surface area contributed by atoms with Crippen molar-refractivity contribution in [2.24, 2.45) is 0 Å². The van der Waals surface area contributed by atoms with Crippen LogP contribution in [0.25, 0.3) is 10.8 Å². The van der Waals surface area contributed by atoms with E-state index in [0.29, 0.717) is 0 Å². The van der Waals surface area contributed by atoms with Crippen molar-refractivity contribution in [1.82, 2.24) is 4.90 Å². The number of hydrogen-bond acceptors (Lipinski definition) is 2. The summed E-state index contributed by atoms with van der Waals surface area (Å²) in [5, 5.41) is 11.9. The third-order valence-electron chi connectivity index (χ3n) is 3.42. The minimum atomic E-state index is -0.161. The highest BCUT2D eigenvalue weighted by molar-refractivity contribution is 5.86. The molecule has 0 fully saturated rings. The molecule has 1 unspecified atom stereocenters. The Morgan fingerprint density at radius 2 is 1.72 bits per heavy atom. The number of nitrogens with zero attached hydrogens (tertiary/aromatic N) is 2. The van der Waals surface area contributed by atoms with Gasteiger partial charge >= 0.3 is 0 Å². The first-order valence-electron chi connectivity index (χ1n) is 6.43. The van der Waals surface area contributed by atoms with Crippen LogP contribution in [0.2, 0.25) is 0 Å². The second kappa shape index (κ2) is 5.66. The molecule has 2 aromatic carbocycles. The number of fused-ring (bicyclic) bond motifs is 1. The Balaban J connectivity index is 2.55. The maximum absolute atomic E-state index is 9.48. The Hall–Kier alpha value is -1.85. The fourth-order valence-electron chi connectivity index (χ4n) is 2.43. The highest BCUT2D eigenvalue weighted by Crippen LogP contribution is 2.27. The standard InChI is InChI=1S/C16H18N2/c1-3-18(4-2)16(12-17)15-11-7-9-13-8-5-6-10-14(13)15/h5-11,16H,3-4H2,1-2H3. The average Bonchev–Trinajstić information content (AvgIpc) is 2.44. The minimum absolute atomic E-state index is 0.161. The number of hydrogen-bond donors (Lipinski definition) is 0. The van der Waals surface area contributed by atoms with Crippen molar-refractivity contribution < 1.29 is 0 Å². The van der Waals surface area contributed by atoms with Crippen LogP contribution in [0.5, 0.6) is 0 Å². The van der Waals surface area contributed by atoms with E-state index in [1.165, 1.54) is 10.8 Å². The van der Waals surface area contributed by atoms with Gasteiger partial charge < -0.3 is 0 Å². The summed E-state index contributed by atoms with van der Waals surface area (Å²) in [6, 6.07) is 16.7. The van der Waals surface area contributed by atoms with E-state index in [-0.39, 0.29) is 6.04 Å². The normalized spacial score (nSPS) is 12.6. The summed E-state index contributed by atoms with van der Waals surface area (Å²) in [5.41, 5.74) is 1.11. The molecule has 0 N–H and O–H groups in total. The summed E-state index contributed by atoms with van der Waals surface area (Å²) in [6.07, 6.45) is 0. The fraction of sp³-hybridized carbons (Fsp3) is 0.312. The largest absolute Gasteiger partial charge is 0.285 e. The van der Waals surface area contributed by atoms with E-state index in [1.54, 1.807) is 0 Å². The first-order chi connectivity index (χ1) is 8.81. The monoisotopic (exact) mass is 238 g/mol. The van der Waals surface area contributed by atoms with Gasteiger partial charge in [0, 0.05) is 0 Å². The van der Waals surface area contributed by atoms with Crippen LogP contribution in [0.4, 0.5) is 0 Å². The van der Waals surface area contributed by atoms with E-state index >= 15 is 0 Å². The van der Waals surface area contributed by atoms with Crippen LogP contribution in [0.1, 0.15) is 25.5 Å². The summed E-state index contributed by atoms with van der Waals surface area (Å²) in [5.74, 6) is 0. The van der Waals surface area contributed by atoms with Crippen LogP contribution in [-0.2, 0) is 0 Å². The molecule has 0 saturated heterocycles. The van der Waals surface area contributed by atoms with Crippen molar-refractivity contribution in [2.75, 3.05) is 13.1 Å². The molecule has 18 heavy (non-hydrogen) atoms. The Labute approximate surface area is 108 Å². The number of benzene rings is 2. The van der Waals surface area contributed by atoms with Crippen LogP contribution in [0.3, 0.4) is 0 Å². The molecule has 0 aromatic heterocycles. The number of nitriles is 1. The summed E-state index contributed by atoms with van der Waals surface area (Å²) < 4.78 is 0. The van der Waals surface area contributed by atoms with Gasteiger partial charge in [0.05, 0.1) is 6.07 Å². The molecule has 0 saturated carbocycles. The Morgan fingerprint density at radius 1 is 1.06 bits per heavy atom. The van der Waals surface area contributed by atoms with Crippen molar-refractivity contribution in [3.05, 3.63) is 48.0 Å². The lowest BCUT2D eigenvalue weighted by Gasteiger charge is -2.25. The zero-order chi connectivity index (χ0) is 13.0. The van der Waals surface area contributed by atoms with Gasteiger partial charge in [-0.2, -0.15) is 5.26 Å². The summed E-state index contributed by atoms with van der Waals surface area (Å²) in [7, 11) is 0. The van der Waals surface area contributed by atoms with Gasteiger partial charge in [0.2, 0.25) is 0 Å². The maximum atomic E-state index is 9.48. The fourth-order valence-corrected chi connectivity index (χ4v) is 2.43. The third-order valence-corrected chi connectivity index (χ3v) is 3.42. The van der Waals surface area contributed by atoms with E-state index in [4.69, 9.17) is 0 Å². The smallest absolute Gasteiger partial charge is 0.124 e. The van der Waals surface area contributed by atoms with Crippen molar-refractivity contribution in [2.45, 2.75) is 19.9 Å². The highest BCUT2D eigenvalue weighted by Gasteiger charge is 2.18.